The molecule has 2 rings (SSSR count). The second-order valence-electron chi connectivity index (χ2n) is 7.48. The fraction of sp³-hybridized carbons (Fsp3) is 0.611. The van der Waals surface area contributed by atoms with Gasteiger partial charge < -0.3 is 15.0 Å². The number of anilines is 1. The highest BCUT2D eigenvalue weighted by Gasteiger charge is 2.26. The number of nitrogens with zero attached hydrogens (tertiary/aromatic N) is 1. The largest absolute Gasteiger partial charge is 0.444 e. The van der Waals surface area contributed by atoms with Crippen molar-refractivity contribution in [2.75, 3.05) is 24.3 Å². The van der Waals surface area contributed by atoms with E-state index in [1.54, 1.807) is 4.90 Å². The highest BCUT2D eigenvalue weighted by molar-refractivity contribution is 7.72. The average molecular weight is 368 g/mol. The molecule has 1 saturated heterocycles. The van der Waals surface area contributed by atoms with Crippen LogP contribution in [0.25, 0.3) is 0 Å². The van der Waals surface area contributed by atoms with Gasteiger partial charge in [0.15, 0.2) is 10.7 Å². The van der Waals surface area contributed by atoms with Crippen molar-refractivity contribution >= 4 is 22.5 Å². The molecule has 25 heavy (non-hydrogen) atoms. The van der Waals surface area contributed by atoms with E-state index in [2.05, 4.69) is 5.32 Å². The number of hydrogen-bond acceptors (Lipinski definition) is 5. The molecular weight excluding hydrogens is 340 g/mol. The fourth-order valence-electron chi connectivity index (χ4n) is 2.89. The molecule has 1 aliphatic rings. The predicted octanol–water partition coefficient (Wildman–Crippen LogP) is 2.86. The lowest BCUT2D eigenvalue weighted by Gasteiger charge is -2.33. The Labute approximate surface area is 151 Å². The molecule has 1 aromatic rings. The van der Waals surface area contributed by atoms with Gasteiger partial charge in [-0.15, -0.1) is 0 Å². The first kappa shape index (κ1) is 19.6. The standard InChI is InChI=1S/C18H28N2O4S/c1-18(2,3)24-17(21)20-10-8-15(9-11-20)12-14-4-6-16(7-5-14)19-13-25(22)23/h4-7,15,19,25H,8-13H2,1-3H3. The molecule has 0 saturated carbocycles. The Kier molecular flexibility index (Phi) is 6.70. The van der Waals surface area contributed by atoms with E-state index in [4.69, 9.17) is 4.74 Å². The van der Waals surface area contributed by atoms with Gasteiger partial charge in [-0.05, 0) is 63.6 Å². The van der Waals surface area contributed by atoms with Gasteiger partial charge in [0.05, 0.1) is 0 Å². The maximum Gasteiger partial charge on any atom is 0.410 e. The van der Waals surface area contributed by atoms with Crippen molar-refractivity contribution in [2.24, 2.45) is 5.92 Å². The van der Waals surface area contributed by atoms with Gasteiger partial charge >= 0.3 is 6.09 Å². The number of ether oxygens (including phenoxy) is 1. The summed E-state index contributed by atoms with van der Waals surface area (Å²) in [6.45, 7) is 7.11. The molecule has 0 unspecified atom stereocenters. The maximum absolute atomic E-state index is 12.1. The first-order valence-corrected chi connectivity index (χ1v) is 10.0. The van der Waals surface area contributed by atoms with E-state index in [0.717, 1.165) is 38.0 Å². The quantitative estimate of drug-likeness (QED) is 0.782. The van der Waals surface area contributed by atoms with Crippen LogP contribution in [0.5, 0.6) is 0 Å². The summed E-state index contributed by atoms with van der Waals surface area (Å²) in [5.41, 5.74) is 1.58. The molecule has 0 aromatic heterocycles. The van der Waals surface area contributed by atoms with E-state index < -0.39 is 16.3 Å². The molecule has 1 heterocycles. The summed E-state index contributed by atoms with van der Waals surface area (Å²) >= 11 is 0. The number of amides is 1. The van der Waals surface area contributed by atoms with E-state index in [0.29, 0.717) is 5.92 Å². The Hall–Kier alpha value is -1.76. The molecule has 1 aliphatic heterocycles. The van der Waals surface area contributed by atoms with Gasteiger partial charge in [-0.25, -0.2) is 13.2 Å². The summed E-state index contributed by atoms with van der Waals surface area (Å²) in [6.07, 6.45) is 2.68. The maximum atomic E-state index is 12.1. The van der Waals surface area contributed by atoms with Crippen molar-refractivity contribution in [3.8, 4) is 0 Å². The van der Waals surface area contributed by atoms with E-state index in [-0.39, 0.29) is 12.0 Å². The number of benzene rings is 1. The molecule has 0 bridgehead atoms. The molecule has 1 aromatic carbocycles. The first-order valence-electron chi connectivity index (χ1n) is 8.65. The second-order valence-corrected chi connectivity index (χ2v) is 8.46. The minimum Gasteiger partial charge on any atom is -0.444 e. The highest BCUT2D eigenvalue weighted by Crippen LogP contribution is 2.23. The third-order valence-electron chi connectivity index (χ3n) is 4.16. The zero-order valence-electron chi connectivity index (χ0n) is 15.2. The summed E-state index contributed by atoms with van der Waals surface area (Å²) in [5, 5.41) is 2.86. The van der Waals surface area contributed by atoms with Crippen LogP contribution in [-0.4, -0.2) is 44.0 Å². The minimum atomic E-state index is -2.42. The van der Waals surface area contributed by atoms with Crippen LogP contribution in [0, 0.1) is 5.92 Å². The van der Waals surface area contributed by atoms with Gasteiger partial charge in [-0.1, -0.05) is 12.1 Å². The van der Waals surface area contributed by atoms with E-state index in [1.165, 1.54) is 5.56 Å². The van der Waals surface area contributed by atoms with Gasteiger partial charge in [0, 0.05) is 18.8 Å². The SMILES string of the molecule is CC(C)(C)OC(=O)N1CCC(Cc2ccc(NC[SH](=O)=O)cc2)CC1. The molecule has 1 fully saturated rings. The van der Waals surface area contributed by atoms with Crippen LogP contribution >= 0.6 is 0 Å². The number of carbonyl (C=O) groups excluding carboxylic acids is 1. The van der Waals surface area contributed by atoms with Gasteiger partial charge in [0.2, 0.25) is 0 Å². The number of thiol groups is 1. The zero-order valence-corrected chi connectivity index (χ0v) is 16.1. The second kappa shape index (κ2) is 8.56. The number of carbonyl (C=O) groups is 1. The van der Waals surface area contributed by atoms with Crippen LogP contribution in [0.4, 0.5) is 10.5 Å². The predicted molar refractivity (Wildman–Crippen MR) is 99.5 cm³/mol. The molecule has 0 radical (unpaired) electrons. The van der Waals surface area contributed by atoms with E-state index in [1.807, 2.05) is 45.0 Å². The molecule has 140 valence electrons. The lowest BCUT2D eigenvalue weighted by molar-refractivity contribution is 0.0184. The van der Waals surface area contributed by atoms with Crippen molar-refractivity contribution in [1.29, 1.82) is 0 Å². The van der Waals surface area contributed by atoms with Crippen molar-refractivity contribution in [3.63, 3.8) is 0 Å². The number of nitrogens with one attached hydrogen (secondary N) is 1. The number of hydrogen-bond donors (Lipinski definition) is 2. The first-order chi connectivity index (χ1) is 11.7. The van der Waals surface area contributed by atoms with Gasteiger partial charge in [-0.3, -0.25) is 0 Å². The van der Waals surface area contributed by atoms with Crippen LogP contribution < -0.4 is 5.32 Å². The summed E-state index contributed by atoms with van der Waals surface area (Å²) in [6, 6.07) is 7.87. The van der Waals surface area contributed by atoms with Crippen molar-refractivity contribution < 1.29 is 17.9 Å². The molecule has 1 amide bonds. The molecule has 0 spiro atoms. The zero-order chi connectivity index (χ0) is 18.4. The molecular formula is C18H28N2O4S. The lowest BCUT2D eigenvalue weighted by Crippen LogP contribution is -2.42. The number of piperidine rings is 1. The molecule has 0 atom stereocenters. The van der Waals surface area contributed by atoms with Crippen molar-refractivity contribution in [3.05, 3.63) is 29.8 Å². The van der Waals surface area contributed by atoms with Crippen molar-refractivity contribution in [2.45, 2.75) is 45.6 Å². The Morgan fingerprint density at radius 2 is 1.80 bits per heavy atom. The van der Waals surface area contributed by atoms with E-state index >= 15 is 0 Å². The minimum absolute atomic E-state index is 0.0438. The van der Waals surface area contributed by atoms with Crippen LogP contribution in [0.2, 0.25) is 0 Å². The number of likely N-dealkylation sites (tertiary alicyclic amines) is 1. The summed E-state index contributed by atoms with van der Waals surface area (Å²) in [5.74, 6) is 0.506. The van der Waals surface area contributed by atoms with Crippen LogP contribution in [0.1, 0.15) is 39.2 Å². The fourth-order valence-corrected chi connectivity index (χ4v) is 3.21. The summed E-state index contributed by atoms with van der Waals surface area (Å²) in [7, 11) is -2.42. The molecule has 6 nitrogen and oxygen atoms in total. The summed E-state index contributed by atoms with van der Waals surface area (Å²) in [4.78, 5) is 13.9. The highest BCUT2D eigenvalue weighted by atomic mass is 32.2. The molecule has 0 aliphatic carbocycles. The summed E-state index contributed by atoms with van der Waals surface area (Å²) < 4.78 is 26.6. The third-order valence-corrected chi connectivity index (χ3v) is 4.57. The number of rotatable bonds is 5. The normalized spacial score (nSPS) is 16.1. The van der Waals surface area contributed by atoms with Crippen molar-refractivity contribution in [1.82, 2.24) is 4.90 Å². The smallest absolute Gasteiger partial charge is 0.410 e. The Morgan fingerprint density at radius 3 is 2.32 bits per heavy atom. The van der Waals surface area contributed by atoms with E-state index in [9.17, 15) is 13.2 Å². The topological polar surface area (TPSA) is 75.7 Å². The van der Waals surface area contributed by atoms with Crippen LogP contribution in [0.3, 0.4) is 0 Å². The van der Waals surface area contributed by atoms with Crippen LogP contribution in [0.15, 0.2) is 24.3 Å². The third kappa shape index (κ3) is 6.94. The van der Waals surface area contributed by atoms with Crippen LogP contribution in [-0.2, 0) is 21.9 Å². The molecule has 1 N–H and O–H groups in total. The van der Waals surface area contributed by atoms with Gasteiger partial charge in [0.1, 0.15) is 11.5 Å². The Balaban J connectivity index is 1.79. The Bertz CT molecular complexity index is 634. The lowest BCUT2D eigenvalue weighted by atomic mass is 9.90. The monoisotopic (exact) mass is 368 g/mol. The van der Waals surface area contributed by atoms with Gasteiger partial charge in [0.25, 0.3) is 0 Å². The molecule has 7 heteroatoms. The average Bonchev–Trinajstić information content (AvgIpc) is 2.53. The van der Waals surface area contributed by atoms with Gasteiger partial charge in [-0.2, -0.15) is 0 Å². The Morgan fingerprint density at radius 1 is 1.20 bits per heavy atom.